The molecule has 1 saturated heterocycles. The maximum absolute atomic E-state index is 11.8. The Bertz CT molecular complexity index is 1280. The van der Waals surface area contributed by atoms with E-state index in [4.69, 9.17) is 0 Å². The second-order valence-corrected chi connectivity index (χ2v) is 10.8. The first-order chi connectivity index (χ1) is 15.3. The van der Waals surface area contributed by atoms with Crippen molar-refractivity contribution < 1.29 is 34.7 Å². The predicted molar refractivity (Wildman–Crippen MR) is 118 cm³/mol. The van der Waals surface area contributed by atoms with E-state index in [-0.39, 0.29) is 30.9 Å². The van der Waals surface area contributed by atoms with Gasteiger partial charge in [-0.15, -0.1) is 0 Å². The van der Waals surface area contributed by atoms with Crippen molar-refractivity contribution in [3.63, 3.8) is 0 Å². The molecule has 1 fully saturated rings. The summed E-state index contributed by atoms with van der Waals surface area (Å²) in [5, 5.41) is 2.56. The predicted octanol–water partition coefficient (Wildman–Crippen LogP) is -0.567. The number of aromatic nitrogens is 3. The van der Waals surface area contributed by atoms with Gasteiger partial charge in [-0.1, -0.05) is 0 Å². The molecule has 0 amide bonds. The fraction of sp³-hybridized carbons (Fsp3) is 0.400. The molecule has 0 spiro atoms. The van der Waals surface area contributed by atoms with Gasteiger partial charge < -0.3 is 15.1 Å². The zero-order valence-corrected chi connectivity index (χ0v) is 19.8. The standard InChI is InChI=1S/C15H21N7O8S3/c1-20(2)14-17-13(18-15(19-14)21-5-7-22(8-6-21)31(23)24)16-11-9-10(32(25,26)27)3-4-12(11)33(28,29)30/h3-4,9H,5-8H2,1-2H3,(H,23,24)(H,25,26,27)(H,28,29,30)(H,16,17,18,19). The summed E-state index contributed by atoms with van der Waals surface area (Å²) in [6.07, 6.45) is 0. The molecule has 2 heterocycles. The lowest BCUT2D eigenvalue weighted by Gasteiger charge is -2.32. The van der Waals surface area contributed by atoms with E-state index in [9.17, 15) is 34.7 Å². The summed E-state index contributed by atoms with van der Waals surface area (Å²) in [7, 11) is -6.15. The van der Waals surface area contributed by atoms with Gasteiger partial charge in [-0.2, -0.15) is 36.1 Å². The molecule has 0 radical (unpaired) electrons. The Morgan fingerprint density at radius 1 is 1.00 bits per heavy atom. The molecule has 0 saturated carbocycles. The maximum atomic E-state index is 11.8. The minimum atomic E-state index is -4.78. The van der Waals surface area contributed by atoms with Crippen molar-refractivity contribution in [2.24, 2.45) is 0 Å². The maximum Gasteiger partial charge on any atom is 0.296 e. The Hall–Kier alpha value is -2.48. The highest BCUT2D eigenvalue weighted by atomic mass is 32.2. The van der Waals surface area contributed by atoms with Crippen molar-refractivity contribution in [3.05, 3.63) is 18.2 Å². The Morgan fingerprint density at radius 2 is 1.64 bits per heavy atom. The van der Waals surface area contributed by atoms with Gasteiger partial charge in [-0.3, -0.25) is 13.7 Å². The fourth-order valence-corrected chi connectivity index (χ4v) is 4.52. The van der Waals surface area contributed by atoms with E-state index in [0.29, 0.717) is 13.1 Å². The summed E-state index contributed by atoms with van der Waals surface area (Å²) in [6, 6.07) is 2.44. The van der Waals surface area contributed by atoms with Gasteiger partial charge in [0.2, 0.25) is 29.1 Å². The third-order valence-corrected chi connectivity index (χ3v) is 7.10. The first-order valence-electron chi connectivity index (χ1n) is 9.16. The lowest BCUT2D eigenvalue weighted by atomic mass is 10.3. The first-order valence-corrected chi connectivity index (χ1v) is 13.1. The van der Waals surface area contributed by atoms with Crippen LogP contribution in [0.3, 0.4) is 0 Å². The van der Waals surface area contributed by atoms with Crippen LogP contribution in [0.4, 0.5) is 23.5 Å². The number of anilines is 4. The van der Waals surface area contributed by atoms with Crippen LogP contribution in [-0.4, -0.2) is 94.2 Å². The average Bonchev–Trinajstić information content (AvgIpc) is 2.72. The number of hydrogen-bond acceptors (Lipinski definition) is 11. The number of benzene rings is 1. The molecule has 0 aliphatic carbocycles. The van der Waals surface area contributed by atoms with Crippen LogP contribution in [0.15, 0.2) is 28.0 Å². The van der Waals surface area contributed by atoms with Crippen LogP contribution in [0.5, 0.6) is 0 Å². The van der Waals surface area contributed by atoms with Crippen LogP contribution >= 0.6 is 0 Å². The van der Waals surface area contributed by atoms with Crippen molar-refractivity contribution in [1.82, 2.24) is 19.3 Å². The summed E-state index contributed by atoms with van der Waals surface area (Å²) in [6.45, 7) is 1.16. The van der Waals surface area contributed by atoms with E-state index in [0.717, 1.165) is 18.2 Å². The highest BCUT2D eigenvalue weighted by molar-refractivity contribution is 7.86. The van der Waals surface area contributed by atoms with Gasteiger partial charge in [-0.05, 0) is 18.2 Å². The van der Waals surface area contributed by atoms with Crippen LogP contribution < -0.4 is 15.1 Å². The van der Waals surface area contributed by atoms with Crippen LogP contribution in [0.2, 0.25) is 0 Å². The molecule has 1 aromatic carbocycles. The lowest BCUT2D eigenvalue weighted by molar-refractivity contribution is 0.371. The minimum Gasteiger partial charge on any atom is -0.347 e. The molecule has 1 unspecified atom stereocenters. The Balaban J connectivity index is 2.03. The van der Waals surface area contributed by atoms with Crippen LogP contribution in [0, 0.1) is 0 Å². The van der Waals surface area contributed by atoms with Gasteiger partial charge >= 0.3 is 0 Å². The van der Waals surface area contributed by atoms with Crippen LogP contribution in [0.1, 0.15) is 0 Å². The highest BCUT2D eigenvalue weighted by Gasteiger charge is 2.25. The van der Waals surface area contributed by atoms with E-state index in [1.165, 1.54) is 4.31 Å². The second-order valence-electron chi connectivity index (χ2n) is 7.03. The molecule has 182 valence electrons. The topological polar surface area (TPSA) is 206 Å². The van der Waals surface area contributed by atoms with Crippen LogP contribution in [-0.2, 0) is 31.5 Å². The number of nitrogens with zero attached hydrogens (tertiary/aromatic N) is 6. The normalized spacial score (nSPS) is 16.5. The summed E-state index contributed by atoms with van der Waals surface area (Å²) in [5.74, 6) is 0.183. The lowest BCUT2D eigenvalue weighted by Crippen LogP contribution is -2.47. The molecule has 1 aliphatic rings. The van der Waals surface area contributed by atoms with Gasteiger partial charge in [0, 0.05) is 40.3 Å². The molecule has 18 heteroatoms. The van der Waals surface area contributed by atoms with E-state index in [1.807, 2.05) is 0 Å². The Morgan fingerprint density at radius 3 is 2.15 bits per heavy atom. The molecule has 2 aromatic rings. The smallest absolute Gasteiger partial charge is 0.296 e. The van der Waals surface area contributed by atoms with E-state index < -0.39 is 47.0 Å². The number of rotatable bonds is 7. The molecule has 33 heavy (non-hydrogen) atoms. The Kier molecular flexibility index (Phi) is 7.17. The molecule has 1 atom stereocenters. The quantitative estimate of drug-likeness (QED) is 0.265. The molecular weight excluding hydrogens is 502 g/mol. The molecule has 4 N–H and O–H groups in total. The molecule has 1 aliphatic heterocycles. The summed E-state index contributed by atoms with van der Waals surface area (Å²) in [5.41, 5.74) is -0.394. The van der Waals surface area contributed by atoms with Crippen molar-refractivity contribution in [1.29, 1.82) is 0 Å². The van der Waals surface area contributed by atoms with Gasteiger partial charge in [0.15, 0.2) is 0 Å². The monoisotopic (exact) mass is 523 g/mol. The summed E-state index contributed by atoms with van der Waals surface area (Å²) < 4.78 is 87.1. The van der Waals surface area contributed by atoms with Gasteiger partial charge in [0.1, 0.15) is 4.90 Å². The Labute approximate surface area is 192 Å². The summed E-state index contributed by atoms with van der Waals surface area (Å²) in [4.78, 5) is 14.7. The number of nitrogens with one attached hydrogen (secondary N) is 1. The zero-order chi connectivity index (χ0) is 24.6. The van der Waals surface area contributed by atoms with E-state index >= 15 is 0 Å². The zero-order valence-electron chi connectivity index (χ0n) is 17.4. The number of hydrogen-bond donors (Lipinski definition) is 4. The number of piperazine rings is 1. The first kappa shape index (κ1) is 25.1. The second kappa shape index (κ2) is 9.41. The van der Waals surface area contributed by atoms with Gasteiger partial charge in [0.05, 0.1) is 10.6 Å². The van der Waals surface area contributed by atoms with Gasteiger partial charge in [0.25, 0.3) is 20.2 Å². The molecule has 3 rings (SSSR count). The SMILES string of the molecule is CN(C)c1nc(Nc2cc(S(=O)(=O)O)ccc2S(=O)(=O)O)nc(N2CCN(S(=O)O)CC2)n1. The molecule has 15 nitrogen and oxygen atoms in total. The third-order valence-electron chi connectivity index (χ3n) is 4.53. The van der Waals surface area contributed by atoms with Crippen LogP contribution in [0.25, 0.3) is 0 Å². The van der Waals surface area contributed by atoms with Gasteiger partial charge in [-0.25, -0.2) is 4.21 Å². The largest absolute Gasteiger partial charge is 0.347 e. The van der Waals surface area contributed by atoms with E-state index in [1.54, 1.807) is 23.9 Å². The molecular formula is C15H21N7O8S3. The van der Waals surface area contributed by atoms with Crippen molar-refractivity contribution in [3.8, 4) is 0 Å². The molecule has 1 aromatic heterocycles. The highest BCUT2D eigenvalue weighted by Crippen LogP contribution is 2.28. The summed E-state index contributed by atoms with van der Waals surface area (Å²) >= 11 is -2.10. The fourth-order valence-electron chi connectivity index (χ4n) is 2.91. The van der Waals surface area contributed by atoms with Crippen molar-refractivity contribution in [2.75, 3.05) is 55.4 Å². The third kappa shape index (κ3) is 6.10. The minimum absolute atomic E-state index is 0.172. The van der Waals surface area contributed by atoms with Crippen molar-refractivity contribution >= 4 is 55.0 Å². The van der Waals surface area contributed by atoms with Crippen molar-refractivity contribution in [2.45, 2.75) is 9.79 Å². The average molecular weight is 524 g/mol. The molecule has 0 bridgehead atoms. The van der Waals surface area contributed by atoms with E-state index in [2.05, 4.69) is 20.3 Å².